The first-order chi connectivity index (χ1) is 11.4. The minimum Gasteiger partial charge on any atom is -0.302 e. The van der Waals surface area contributed by atoms with Gasteiger partial charge in [0.25, 0.3) is 0 Å². The summed E-state index contributed by atoms with van der Waals surface area (Å²) in [6, 6.07) is 8.20. The standard InChI is InChI=1S/C17H20N2O3S2/c1-12-7-8-14-15(11-12)23-17(18-14)19-16(20)9-10-24(21,22)13-5-3-2-4-6-13/h2-6,12H,7-11H2,1H3,(H,18,19,20)/t12-/m1/s1. The Hall–Kier alpha value is -1.73. The molecule has 1 aliphatic rings. The van der Waals surface area contributed by atoms with Gasteiger partial charge in [-0.3, -0.25) is 4.79 Å². The third-order valence-electron chi connectivity index (χ3n) is 4.13. The highest BCUT2D eigenvalue weighted by Crippen LogP contribution is 2.32. The average molecular weight is 364 g/mol. The van der Waals surface area contributed by atoms with Crippen molar-refractivity contribution in [1.82, 2.24) is 4.98 Å². The second-order valence-corrected chi connectivity index (χ2v) is 9.36. The molecule has 1 atom stereocenters. The summed E-state index contributed by atoms with van der Waals surface area (Å²) in [7, 11) is -3.44. The molecule has 1 aromatic heterocycles. The number of thiazole rings is 1. The van der Waals surface area contributed by atoms with E-state index in [9.17, 15) is 13.2 Å². The molecule has 0 unspecified atom stereocenters. The number of nitrogens with zero attached hydrogens (tertiary/aromatic N) is 1. The van der Waals surface area contributed by atoms with Gasteiger partial charge in [-0.2, -0.15) is 0 Å². The number of sulfone groups is 1. The van der Waals surface area contributed by atoms with Gasteiger partial charge in [-0.15, -0.1) is 11.3 Å². The molecule has 0 fully saturated rings. The Kier molecular flexibility index (Phi) is 5.01. The molecule has 5 nitrogen and oxygen atoms in total. The summed E-state index contributed by atoms with van der Waals surface area (Å²) in [5, 5.41) is 3.32. The van der Waals surface area contributed by atoms with Crippen molar-refractivity contribution in [3.8, 4) is 0 Å². The minimum atomic E-state index is -3.44. The Bertz CT molecular complexity index is 829. The molecule has 1 aromatic carbocycles. The summed E-state index contributed by atoms with van der Waals surface area (Å²) in [4.78, 5) is 18.0. The van der Waals surface area contributed by atoms with Crippen LogP contribution in [0, 0.1) is 5.92 Å². The summed E-state index contributed by atoms with van der Waals surface area (Å²) in [6.07, 6.45) is 3.01. The van der Waals surface area contributed by atoms with E-state index >= 15 is 0 Å². The molecule has 1 aliphatic carbocycles. The van der Waals surface area contributed by atoms with Crippen molar-refractivity contribution in [3.63, 3.8) is 0 Å². The summed E-state index contributed by atoms with van der Waals surface area (Å²) < 4.78 is 24.4. The maximum Gasteiger partial charge on any atom is 0.227 e. The number of aryl methyl sites for hydroxylation is 1. The highest BCUT2D eigenvalue weighted by molar-refractivity contribution is 7.91. The van der Waals surface area contributed by atoms with E-state index in [1.165, 1.54) is 16.2 Å². The van der Waals surface area contributed by atoms with Gasteiger partial charge in [0, 0.05) is 11.3 Å². The molecule has 0 radical (unpaired) electrons. The second-order valence-electron chi connectivity index (χ2n) is 6.17. The molecular weight excluding hydrogens is 344 g/mol. The lowest BCUT2D eigenvalue weighted by Crippen LogP contribution is -2.17. The Balaban J connectivity index is 1.59. The van der Waals surface area contributed by atoms with Gasteiger partial charge < -0.3 is 5.32 Å². The van der Waals surface area contributed by atoms with Crippen LogP contribution in [0.1, 0.15) is 30.3 Å². The lowest BCUT2D eigenvalue weighted by atomic mass is 9.93. The van der Waals surface area contributed by atoms with Crippen molar-refractivity contribution in [2.45, 2.75) is 37.5 Å². The SMILES string of the molecule is C[C@@H]1CCc2nc(NC(=O)CCS(=O)(=O)c3ccccc3)sc2C1. The number of nitrogens with one attached hydrogen (secondary N) is 1. The molecule has 128 valence electrons. The zero-order chi connectivity index (χ0) is 17.2. The van der Waals surface area contributed by atoms with Crippen LogP contribution in [0.15, 0.2) is 35.2 Å². The van der Waals surface area contributed by atoms with Crippen LogP contribution in [-0.2, 0) is 27.5 Å². The summed E-state index contributed by atoms with van der Waals surface area (Å²) in [5.74, 6) is 0.136. The highest BCUT2D eigenvalue weighted by atomic mass is 32.2. The zero-order valence-corrected chi connectivity index (χ0v) is 15.1. The van der Waals surface area contributed by atoms with Gasteiger partial charge in [-0.1, -0.05) is 25.1 Å². The van der Waals surface area contributed by atoms with Gasteiger partial charge in [0.1, 0.15) is 0 Å². The van der Waals surface area contributed by atoms with E-state index in [4.69, 9.17) is 0 Å². The van der Waals surface area contributed by atoms with Gasteiger partial charge in [0.05, 0.1) is 16.3 Å². The number of benzene rings is 1. The summed E-state index contributed by atoms with van der Waals surface area (Å²) in [6.45, 7) is 2.22. The number of hydrogen-bond donors (Lipinski definition) is 1. The number of aromatic nitrogens is 1. The van der Waals surface area contributed by atoms with E-state index in [2.05, 4.69) is 17.2 Å². The Labute approximate surface area is 146 Å². The number of hydrogen-bond acceptors (Lipinski definition) is 5. The van der Waals surface area contributed by atoms with E-state index in [1.54, 1.807) is 30.3 Å². The molecule has 24 heavy (non-hydrogen) atoms. The third kappa shape index (κ3) is 4.02. The van der Waals surface area contributed by atoms with E-state index in [-0.39, 0.29) is 23.0 Å². The lowest BCUT2D eigenvalue weighted by Gasteiger charge is -2.15. The molecule has 1 heterocycles. The first-order valence-corrected chi connectivity index (χ1v) is 10.5. The molecule has 0 spiro atoms. The van der Waals surface area contributed by atoms with Crippen molar-refractivity contribution in [1.29, 1.82) is 0 Å². The lowest BCUT2D eigenvalue weighted by molar-refractivity contribution is -0.115. The number of fused-ring (bicyclic) bond motifs is 1. The van der Waals surface area contributed by atoms with Gasteiger partial charge >= 0.3 is 0 Å². The second kappa shape index (κ2) is 7.03. The molecule has 3 rings (SSSR count). The third-order valence-corrected chi connectivity index (χ3v) is 6.90. The summed E-state index contributed by atoms with van der Waals surface area (Å²) in [5.41, 5.74) is 1.07. The molecule has 7 heteroatoms. The molecule has 2 aromatic rings. The van der Waals surface area contributed by atoms with Crippen molar-refractivity contribution in [2.24, 2.45) is 5.92 Å². The minimum absolute atomic E-state index is 0.0716. The van der Waals surface area contributed by atoms with Crippen LogP contribution in [0.25, 0.3) is 0 Å². The van der Waals surface area contributed by atoms with Crippen molar-refractivity contribution < 1.29 is 13.2 Å². The van der Waals surface area contributed by atoms with Crippen LogP contribution in [-0.4, -0.2) is 25.1 Å². The van der Waals surface area contributed by atoms with Gasteiger partial charge in [-0.25, -0.2) is 13.4 Å². The van der Waals surface area contributed by atoms with Crippen LogP contribution >= 0.6 is 11.3 Å². The topological polar surface area (TPSA) is 76.1 Å². The maximum absolute atomic E-state index is 12.2. The molecule has 0 saturated carbocycles. The van der Waals surface area contributed by atoms with Crippen molar-refractivity contribution in [2.75, 3.05) is 11.1 Å². The number of carbonyl (C=O) groups is 1. The average Bonchev–Trinajstić information content (AvgIpc) is 2.95. The fourth-order valence-corrected chi connectivity index (χ4v) is 5.20. The first-order valence-electron chi connectivity index (χ1n) is 8.00. The van der Waals surface area contributed by atoms with Crippen LogP contribution in [0.5, 0.6) is 0 Å². The molecule has 1 N–H and O–H groups in total. The number of anilines is 1. The zero-order valence-electron chi connectivity index (χ0n) is 13.5. The van der Waals surface area contributed by atoms with Crippen molar-refractivity contribution in [3.05, 3.63) is 40.9 Å². The van der Waals surface area contributed by atoms with Crippen LogP contribution in [0.3, 0.4) is 0 Å². The maximum atomic E-state index is 12.2. The molecular formula is C17H20N2O3S2. The predicted molar refractivity (Wildman–Crippen MR) is 95.0 cm³/mol. The fraction of sp³-hybridized carbons (Fsp3) is 0.412. The van der Waals surface area contributed by atoms with Crippen LogP contribution < -0.4 is 5.32 Å². The van der Waals surface area contributed by atoms with Gasteiger partial charge in [-0.05, 0) is 37.3 Å². The van der Waals surface area contributed by atoms with Crippen molar-refractivity contribution >= 4 is 32.2 Å². The van der Waals surface area contributed by atoms with Gasteiger partial charge in [0.15, 0.2) is 15.0 Å². The number of rotatable bonds is 5. The van der Waals surface area contributed by atoms with E-state index in [0.29, 0.717) is 11.0 Å². The fourth-order valence-electron chi connectivity index (χ4n) is 2.75. The number of amides is 1. The largest absolute Gasteiger partial charge is 0.302 e. The first kappa shape index (κ1) is 17.1. The monoisotopic (exact) mass is 364 g/mol. The quantitative estimate of drug-likeness (QED) is 0.885. The Morgan fingerprint density at radius 3 is 2.83 bits per heavy atom. The summed E-state index contributed by atoms with van der Waals surface area (Å²) >= 11 is 1.50. The van der Waals surface area contributed by atoms with Crippen LogP contribution in [0.4, 0.5) is 5.13 Å². The molecule has 1 amide bonds. The van der Waals surface area contributed by atoms with Crippen LogP contribution in [0.2, 0.25) is 0 Å². The van der Waals surface area contributed by atoms with E-state index in [0.717, 1.165) is 25.0 Å². The highest BCUT2D eigenvalue weighted by Gasteiger charge is 2.21. The molecule has 0 saturated heterocycles. The van der Waals surface area contributed by atoms with Gasteiger partial charge in [0.2, 0.25) is 5.91 Å². The Morgan fingerprint density at radius 2 is 2.08 bits per heavy atom. The van der Waals surface area contributed by atoms with E-state index < -0.39 is 9.84 Å². The molecule has 0 aliphatic heterocycles. The predicted octanol–water partition coefficient (Wildman–Crippen LogP) is 3.07. The Morgan fingerprint density at radius 1 is 1.33 bits per heavy atom. The number of carbonyl (C=O) groups excluding carboxylic acids is 1. The normalized spacial score (nSPS) is 17.3. The smallest absolute Gasteiger partial charge is 0.227 e. The molecule has 0 bridgehead atoms. The van der Waals surface area contributed by atoms with E-state index in [1.807, 2.05) is 0 Å².